The van der Waals surface area contributed by atoms with Gasteiger partial charge in [-0.2, -0.15) is 0 Å². The molecule has 1 heterocycles. The maximum absolute atomic E-state index is 12.1. The molecule has 0 aliphatic carbocycles. The Morgan fingerprint density at radius 1 is 1.32 bits per heavy atom. The van der Waals surface area contributed by atoms with Crippen LogP contribution in [0.5, 0.6) is 5.75 Å². The number of hydrogen-bond acceptors (Lipinski definition) is 3. The molecular formula is C17H23NO4. The summed E-state index contributed by atoms with van der Waals surface area (Å²) in [4.78, 5) is 24.6. The summed E-state index contributed by atoms with van der Waals surface area (Å²) < 4.78 is 5.57. The van der Waals surface area contributed by atoms with Gasteiger partial charge in [0.2, 0.25) is 5.91 Å². The summed E-state index contributed by atoms with van der Waals surface area (Å²) in [6.45, 7) is 5.05. The molecule has 0 spiro atoms. The van der Waals surface area contributed by atoms with Crippen LogP contribution in [0.25, 0.3) is 0 Å². The summed E-state index contributed by atoms with van der Waals surface area (Å²) in [5, 5.41) is 9.08. The molecule has 0 saturated carbocycles. The second-order valence-corrected chi connectivity index (χ2v) is 5.91. The number of carboxylic acids is 1. The predicted molar refractivity (Wildman–Crippen MR) is 83.0 cm³/mol. The Morgan fingerprint density at radius 3 is 2.59 bits per heavy atom. The molecule has 2 rings (SSSR count). The molecule has 0 unspecified atom stereocenters. The molecular weight excluding hydrogens is 282 g/mol. The number of hydrogen-bond donors (Lipinski definition) is 1. The predicted octanol–water partition coefficient (Wildman–Crippen LogP) is 2.65. The van der Waals surface area contributed by atoms with Gasteiger partial charge in [0.25, 0.3) is 0 Å². The second-order valence-electron chi connectivity index (χ2n) is 5.91. The average Bonchev–Trinajstić information content (AvgIpc) is 2.97. The van der Waals surface area contributed by atoms with E-state index in [4.69, 9.17) is 9.84 Å². The first-order valence-electron chi connectivity index (χ1n) is 7.74. The summed E-state index contributed by atoms with van der Waals surface area (Å²) in [6.07, 6.45) is 1.49. The highest BCUT2D eigenvalue weighted by molar-refractivity contribution is 5.84. The SMILES string of the molecule is CC(C)c1ccc(OCCC(=O)N2CCC[C@H]2C(=O)O)cc1. The monoisotopic (exact) mass is 305 g/mol. The third-order valence-electron chi connectivity index (χ3n) is 3.99. The standard InChI is InChI=1S/C17H23NO4/c1-12(2)13-5-7-14(8-6-13)22-11-9-16(19)18-10-3-4-15(18)17(20)21/h5-8,12,15H,3-4,9-11H2,1-2H3,(H,20,21)/t15-/m0/s1. The van der Waals surface area contributed by atoms with Crippen LogP contribution in [0.1, 0.15) is 44.6 Å². The first-order chi connectivity index (χ1) is 10.5. The van der Waals surface area contributed by atoms with Crippen molar-refractivity contribution in [3.8, 4) is 5.75 Å². The summed E-state index contributed by atoms with van der Waals surface area (Å²) >= 11 is 0. The van der Waals surface area contributed by atoms with Gasteiger partial charge in [0, 0.05) is 6.54 Å². The summed E-state index contributed by atoms with van der Waals surface area (Å²) in [5.74, 6) is 0.131. The molecule has 1 saturated heterocycles. The molecule has 1 aromatic rings. The minimum atomic E-state index is -0.920. The van der Waals surface area contributed by atoms with Gasteiger partial charge in [0.05, 0.1) is 13.0 Å². The lowest BCUT2D eigenvalue weighted by Gasteiger charge is -2.21. The zero-order chi connectivity index (χ0) is 16.1. The van der Waals surface area contributed by atoms with E-state index < -0.39 is 12.0 Å². The van der Waals surface area contributed by atoms with Crippen molar-refractivity contribution in [1.29, 1.82) is 0 Å². The summed E-state index contributed by atoms with van der Waals surface area (Å²) in [6, 6.07) is 7.16. The van der Waals surface area contributed by atoms with Crippen molar-refractivity contribution in [2.24, 2.45) is 0 Å². The van der Waals surface area contributed by atoms with E-state index in [1.54, 1.807) is 0 Å². The lowest BCUT2D eigenvalue weighted by Crippen LogP contribution is -2.40. The smallest absolute Gasteiger partial charge is 0.326 e. The van der Waals surface area contributed by atoms with Crippen molar-refractivity contribution in [2.75, 3.05) is 13.2 Å². The van der Waals surface area contributed by atoms with Crippen LogP contribution >= 0.6 is 0 Å². The molecule has 0 bridgehead atoms. The number of nitrogens with zero attached hydrogens (tertiary/aromatic N) is 1. The van der Waals surface area contributed by atoms with Gasteiger partial charge in [0.1, 0.15) is 11.8 Å². The van der Waals surface area contributed by atoms with E-state index in [1.165, 1.54) is 10.5 Å². The number of carboxylic acid groups (broad SMARTS) is 1. The van der Waals surface area contributed by atoms with E-state index in [2.05, 4.69) is 13.8 Å². The lowest BCUT2D eigenvalue weighted by atomic mass is 10.0. The minimum Gasteiger partial charge on any atom is -0.493 e. The highest BCUT2D eigenvalue weighted by Gasteiger charge is 2.33. The van der Waals surface area contributed by atoms with Crippen LogP contribution in [0.3, 0.4) is 0 Å². The number of carbonyl (C=O) groups excluding carboxylic acids is 1. The zero-order valence-electron chi connectivity index (χ0n) is 13.1. The van der Waals surface area contributed by atoms with Crippen LogP contribution in [-0.2, 0) is 9.59 Å². The van der Waals surface area contributed by atoms with Gasteiger partial charge in [-0.3, -0.25) is 4.79 Å². The van der Waals surface area contributed by atoms with E-state index in [0.29, 0.717) is 18.9 Å². The Hall–Kier alpha value is -2.04. The number of ether oxygens (including phenoxy) is 1. The molecule has 0 radical (unpaired) electrons. The number of benzene rings is 1. The molecule has 0 aromatic heterocycles. The quantitative estimate of drug-likeness (QED) is 0.877. The molecule has 120 valence electrons. The molecule has 1 aromatic carbocycles. The van der Waals surface area contributed by atoms with E-state index in [1.807, 2.05) is 24.3 Å². The van der Waals surface area contributed by atoms with Gasteiger partial charge < -0.3 is 14.7 Å². The van der Waals surface area contributed by atoms with Gasteiger partial charge in [-0.25, -0.2) is 4.79 Å². The Morgan fingerprint density at radius 2 is 2.00 bits per heavy atom. The number of aliphatic carboxylic acids is 1. The second kappa shape index (κ2) is 7.29. The number of rotatable bonds is 6. The van der Waals surface area contributed by atoms with Crippen molar-refractivity contribution in [3.63, 3.8) is 0 Å². The van der Waals surface area contributed by atoms with Crippen molar-refractivity contribution in [1.82, 2.24) is 4.90 Å². The van der Waals surface area contributed by atoms with E-state index in [9.17, 15) is 9.59 Å². The Balaban J connectivity index is 1.80. The van der Waals surface area contributed by atoms with Crippen molar-refractivity contribution < 1.29 is 19.4 Å². The summed E-state index contributed by atoms with van der Waals surface area (Å²) in [7, 11) is 0. The largest absolute Gasteiger partial charge is 0.493 e. The number of carbonyl (C=O) groups is 2. The fourth-order valence-corrected chi connectivity index (χ4v) is 2.67. The molecule has 1 N–H and O–H groups in total. The fourth-order valence-electron chi connectivity index (χ4n) is 2.67. The maximum Gasteiger partial charge on any atom is 0.326 e. The fraction of sp³-hybridized carbons (Fsp3) is 0.529. The molecule has 1 amide bonds. The average molecular weight is 305 g/mol. The highest BCUT2D eigenvalue weighted by Crippen LogP contribution is 2.20. The number of likely N-dealkylation sites (tertiary alicyclic amines) is 1. The molecule has 5 heteroatoms. The minimum absolute atomic E-state index is 0.149. The Kier molecular flexibility index (Phi) is 5.41. The topological polar surface area (TPSA) is 66.8 Å². The van der Waals surface area contributed by atoms with Crippen LogP contribution in [0.15, 0.2) is 24.3 Å². The molecule has 1 atom stereocenters. The first-order valence-corrected chi connectivity index (χ1v) is 7.74. The normalized spacial score (nSPS) is 17.8. The molecule has 1 aliphatic heterocycles. The highest BCUT2D eigenvalue weighted by atomic mass is 16.5. The van der Waals surface area contributed by atoms with Crippen molar-refractivity contribution in [2.45, 2.75) is 45.1 Å². The third-order valence-corrected chi connectivity index (χ3v) is 3.99. The van der Waals surface area contributed by atoms with Crippen LogP contribution in [-0.4, -0.2) is 41.1 Å². The maximum atomic E-state index is 12.1. The van der Waals surface area contributed by atoms with Crippen LogP contribution in [0, 0.1) is 0 Å². The molecule has 1 aliphatic rings. The van der Waals surface area contributed by atoms with Gasteiger partial charge >= 0.3 is 5.97 Å². The van der Waals surface area contributed by atoms with Gasteiger partial charge in [-0.1, -0.05) is 26.0 Å². The Bertz CT molecular complexity index is 524. The van der Waals surface area contributed by atoms with Crippen molar-refractivity contribution in [3.05, 3.63) is 29.8 Å². The van der Waals surface area contributed by atoms with Gasteiger partial charge in [-0.05, 0) is 36.5 Å². The molecule has 1 fully saturated rings. The van der Waals surface area contributed by atoms with Gasteiger partial charge in [-0.15, -0.1) is 0 Å². The van der Waals surface area contributed by atoms with E-state index in [-0.39, 0.29) is 18.9 Å². The Labute approximate surface area is 130 Å². The van der Waals surface area contributed by atoms with Crippen molar-refractivity contribution >= 4 is 11.9 Å². The van der Waals surface area contributed by atoms with Gasteiger partial charge in [0.15, 0.2) is 0 Å². The third kappa shape index (κ3) is 4.00. The molecule has 22 heavy (non-hydrogen) atoms. The lowest BCUT2D eigenvalue weighted by molar-refractivity contribution is -0.148. The summed E-state index contributed by atoms with van der Waals surface area (Å²) in [5.41, 5.74) is 1.24. The molecule has 5 nitrogen and oxygen atoms in total. The number of amides is 1. The zero-order valence-corrected chi connectivity index (χ0v) is 13.1. The van der Waals surface area contributed by atoms with Crippen LogP contribution in [0.2, 0.25) is 0 Å². The van der Waals surface area contributed by atoms with Crippen LogP contribution < -0.4 is 4.74 Å². The van der Waals surface area contributed by atoms with E-state index >= 15 is 0 Å². The van der Waals surface area contributed by atoms with E-state index in [0.717, 1.165) is 12.2 Å². The first kappa shape index (κ1) is 16.3. The van der Waals surface area contributed by atoms with Crippen LogP contribution in [0.4, 0.5) is 0 Å².